The number of aromatic carboxylic acids is 1. The maximum atomic E-state index is 12.6. The quantitative estimate of drug-likeness (QED) is 0.850. The highest BCUT2D eigenvalue weighted by atomic mass is 19.4. The van der Waals surface area contributed by atoms with E-state index in [2.05, 4.69) is 9.97 Å². The van der Waals surface area contributed by atoms with E-state index >= 15 is 0 Å². The summed E-state index contributed by atoms with van der Waals surface area (Å²) in [5, 5.41) is 8.67. The smallest absolute Gasteiger partial charge is 0.451 e. The van der Waals surface area contributed by atoms with Crippen molar-refractivity contribution in [3.63, 3.8) is 0 Å². The molecule has 0 unspecified atom stereocenters. The van der Waals surface area contributed by atoms with Crippen molar-refractivity contribution in [2.24, 2.45) is 0 Å². The molecule has 0 aliphatic carbocycles. The Morgan fingerprint density at radius 1 is 1.11 bits per heavy atom. The van der Waals surface area contributed by atoms with Gasteiger partial charge in [-0.05, 0) is 6.42 Å². The molecule has 0 aromatic carbocycles. The third-order valence-corrected chi connectivity index (χ3v) is 2.05. The predicted molar refractivity (Wildman–Crippen MR) is 48.4 cm³/mol. The minimum Gasteiger partial charge on any atom is -0.478 e. The first-order valence-electron chi connectivity index (χ1n) is 4.77. The van der Waals surface area contributed by atoms with E-state index in [0.717, 1.165) is 0 Å². The van der Waals surface area contributed by atoms with Gasteiger partial charge in [-0.1, -0.05) is 6.92 Å². The van der Waals surface area contributed by atoms with E-state index in [4.69, 9.17) is 5.11 Å². The normalized spacial score (nSPS) is 12.6. The van der Waals surface area contributed by atoms with E-state index in [9.17, 15) is 31.1 Å². The van der Waals surface area contributed by atoms with Gasteiger partial charge in [0, 0.05) is 0 Å². The van der Waals surface area contributed by atoms with E-state index in [-0.39, 0.29) is 0 Å². The monoisotopic (exact) mass is 288 g/mol. The average Bonchev–Trinajstić information content (AvgIpc) is 2.24. The molecule has 0 aliphatic rings. The third-order valence-electron chi connectivity index (χ3n) is 2.05. The molecule has 1 heterocycles. The number of hydrogen-bond donors (Lipinski definition) is 1. The molecule has 1 aromatic heterocycles. The van der Waals surface area contributed by atoms with Crippen LogP contribution in [0, 0.1) is 0 Å². The first kappa shape index (κ1) is 15.2. The lowest BCUT2D eigenvalue weighted by molar-refractivity contribution is -0.153. The fourth-order valence-corrected chi connectivity index (χ4v) is 1.32. The summed E-state index contributed by atoms with van der Waals surface area (Å²) in [4.78, 5) is 15.9. The Bertz CT molecular complexity index is 509. The van der Waals surface area contributed by atoms with E-state index in [1.165, 1.54) is 6.92 Å². The maximum Gasteiger partial charge on any atom is 0.451 e. The number of aryl methyl sites for hydroxylation is 1. The lowest BCUT2D eigenvalue weighted by atomic mass is 10.1. The molecule has 0 spiro atoms. The van der Waals surface area contributed by atoms with Crippen molar-refractivity contribution in [2.75, 3.05) is 0 Å². The maximum absolute atomic E-state index is 12.6. The van der Waals surface area contributed by atoms with Crippen molar-refractivity contribution < 1.29 is 36.2 Å². The Morgan fingerprint density at radius 3 is 1.95 bits per heavy atom. The van der Waals surface area contributed by atoms with Crippen LogP contribution in [0.1, 0.15) is 34.5 Å². The number of carboxylic acid groups (broad SMARTS) is 1. The van der Waals surface area contributed by atoms with Crippen LogP contribution < -0.4 is 0 Å². The van der Waals surface area contributed by atoms with Crippen LogP contribution in [0.2, 0.25) is 0 Å². The number of carbonyl (C=O) groups is 1. The van der Waals surface area contributed by atoms with Gasteiger partial charge in [0.15, 0.2) is 5.69 Å². The molecule has 1 N–H and O–H groups in total. The van der Waals surface area contributed by atoms with Gasteiger partial charge >= 0.3 is 18.3 Å². The molecule has 0 atom stereocenters. The molecule has 0 radical (unpaired) electrons. The van der Waals surface area contributed by atoms with Crippen LogP contribution in [-0.4, -0.2) is 21.0 Å². The summed E-state index contributed by atoms with van der Waals surface area (Å²) in [5.41, 5.74) is -4.27. The van der Waals surface area contributed by atoms with Gasteiger partial charge in [-0.2, -0.15) is 26.3 Å². The first-order chi connectivity index (χ1) is 8.48. The van der Waals surface area contributed by atoms with Crippen molar-refractivity contribution in [1.29, 1.82) is 0 Å². The molecule has 19 heavy (non-hydrogen) atoms. The number of carboxylic acids is 1. The second-order valence-electron chi connectivity index (χ2n) is 3.37. The van der Waals surface area contributed by atoms with Crippen LogP contribution in [0.4, 0.5) is 26.3 Å². The summed E-state index contributed by atoms with van der Waals surface area (Å²) in [7, 11) is 0. The molecule has 1 aromatic rings. The van der Waals surface area contributed by atoms with Gasteiger partial charge in [-0.3, -0.25) is 0 Å². The Labute approximate surface area is 102 Å². The van der Waals surface area contributed by atoms with Crippen LogP contribution in [0.5, 0.6) is 0 Å². The summed E-state index contributed by atoms with van der Waals surface area (Å²) in [6, 6.07) is 0. The van der Waals surface area contributed by atoms with Crippen molar-refractivity contribution >= 4 is 5.97 Å². The highest BCUT2D eigenvalue weighted by molar-refractivity contribution is 5.90. The summed E-state index contributed by atoms with van der Waals surface area (Å²) in [6.45, 7) is 1.19. The molecular formula is C9H6F6N2O2. The third kappa shape index (κ3) is 3.12. The molecular weight excluding hydrogens is 282 g/mol. The van der Waals surface area contributed by atoms with Gasteiger partial charge in [-0.15, -0.1) is 0 Å². The topological polar surface area (TPSA) is 63.1 Å². The van der Waals surface area contributed by atoms with Gasteiger partial charge in [0.05, 0.1) is 5.69 Å². The van der Waals surface area contributed by atoms with Crippen molar-refractivity contribution in [3.8, 4) is 0 Å². The fourth-order valence-electron chi connectivity index (χ4n) is 1.32. The van der Waals surface area contributed by atoms with E-state index < -0.39 is 47.5 Å². The Kier molecular flexibility index (Phi) is 3.73. The van der Waals surface area contributed by atoms with Crippen LogP contribution in [0.25, 0.3) is 0 Å². The molecule has 0 saturated carbocycles. The Balaban J connectivity index is 3.70. The first-order valence-corrected chi connectivity index (χ1v) is 4.77. The average molecular weight is 288 g/mol. The Hall–Kier alpha value is -1.87. The van der Waals surface area contributed by atoms with E-state index in [1.807, 2.05) is 0 Å². The Morgan fingerprint density at radius 2 is 1.63 bits per heavy atom. The molecule has 4 nitrogen and oxygen atoms in total. The number of alkyl halides is 6. The van der Waals surface area contributed by atoms with Crippen LogP contribution in [0.3, 0.4) is 0 Å². The number of nitrogens with zero attached hydrogens (tertiary/aromatic N) is 2. The summed E-state index contributed by atoms with van der Waals surface area (Å²) in [5.74, 6) is -4.04. The molecule has 0 amide bonds. The van der Waals surface area contributed by atoms with Gasteiger partial charge < -0.3 is 5.11 Å². The van der Waals surface area contributed by atoms with Gasteiger partial charge in [-0.25, -0.2) is 14.8 Å². The van der Waals surface area contributed by atoms with Gasteiger partial charge in [0.1, 0.15) is 5.56 Å². The lowest BCUT2D eigenvalue weighted by Crippen LogP contribution is -2.23. The predicted octanol–water partition coefficient (Wildman–Crippen LogP) is 2.77. The molecule has 1 rings (SSSR count). The van der Waals surface area contributed by atoms with Crippen LogP contribution in [-0.2, 0) is 18.8 Å². The minimum absolute atomic E-state index is 0.406. The van der Waals surface area contributed by atoms with Crippen molar-refractivity contribution in [1.82, 2.24) is 9.97 Å². The molecule has 10 heteroatoms. The number of aromatic nitrogens is 2. The molecule has 0 aliphatic heterocycles. The lowest BCUT2D eigenvalue weighted by Gasteiger charge is -2.14. The standard InChI is InChI=1S/C9H6F6N2O2/c1-2-3-4(6(18)19)5(8(10,11)12)17-7(16-3)9(13,14)15/h2H2,1H3,(H,18,19). The van der Waals surface area contributed by atoms with Gasteiger partial charge in [0.2, 0.25) is 5.82 Å². The molecule has 106 valence electrons. The summed E-state index contributed by atoms with van der Waals surface area (Å²) >= 11 is 0. The fraction of sp³-hybridized carbons (Fsp3) is 0.444. The summed E-state index contributed by atoms with van der Waals surface area (Å²) < 4.78 is 74.8. The number of halogens is 6. The van der Waals surface area contributed by atoms with Crippen LogP contribution in [0.15, 0.2) is 0 Å². The van der Waals surface area contributed by atoms with Crippen molar-refractivity contribution in [2.45, 2.75) is 25.7 Å². The second kappa shape index (κ2) is 4.67. The number of hydrogen-bond acceptors (Lipinski definition) is 3. The van der Waals surface area contributed by atoms with Crippen molar-refractivity contribution in [3.05, 3.63) is 22.8 Å². The van der Waals surface area contributed by atoms with Gasteiger partial charge in [0.25, 0.3) is 0 Å². The SMILES string of the molecule is CCc1nc(C(F)(F)F)nc(C(F)(F)F)c1C(=O)O. The molecule has 0 fully saturated rings. The van der Waals surface area contributed by atoms with Crippen LogP contribution >= 0.6 is 0 Å². The largest absolute Gasteiger partial charge is 0.478 e. The molecule has 0 saturated heterocycles. The molecule has 0 bridgehead atoms. The summed E-state index contributed by atoms with van der Waals surface area (Å²) in [6.07, 6.45) is -10.9. The number of rotatable bonds is 2. The van der Waals surface area contributed by atoms with E-state index in [1.54, 1.807) is 0 Å². The zero-order valence-electron chi connectivity index (χ0n) is 9.22. The zero-order valence-corrected chi connectivity index (χ0v) is 9.22. The second-order valence-corrected chi connectivity index (χ2v) is 3.37. The van der Waals surface area contributed by atoms with E-state index in [0.29, 0.717) is 0 Å². The minimum atomic E-state index is -5.32. The zero-order chi connectivity index (χ0) is 15.0. The highest BCUT2D eigenvalue weighted by Gasteiger charge is 2.44. The highest BCUT2D eigenvalue weighted by Crippen LogP contribution is 2.35.